The van der Waals surface area contributed by atoms with Crippen molar-refractivity contribution >= 4 is 28.4 Å². The minimum atomic E-state index is 0. The summed E-state index contributed by atoms with van der Waals surface area (Å²) in [6.45, 7) is 5.26. The average molecular weight is 328 g/mol. The van der Waals surface area contributed by atoms with E-state index in [1.807, 2.05) is 0 Å². The van der Waals surface area contributed by atoms with Gasteiger partial charge in [0.05, 0.1) is 6.61 Å². The molecule has 0 unspecified atom stereocenters. The van der Waals surface area contributed by atoms with Crippen molar-refractivity contribution in [2.45, 2.75) is 65.2 Å². The standard InChI is InChI=1S/C13H26OS2.Zn/c1-3-5-7-9-11-14-13(15)16-12-10-8-6-4-2;/h3-12H2,1-2H3;. The number of thiocarbonyl (C=S) groups is 1. The van der Waals surface area contributed by atoms with Crippen LogP contribution < -0.4 is 0 Å². The van der Waals surface area contributed by atoms with Crippen LogP contribution in [0.4, 0.5) is 0 Å². The van der Waals surface area contributed by atoms with Crippen LogP contribution in [0.2, 0.25) is 0 Å². The molecule has 0 saturated heterocycles. The second kappa shape index (κ2) is 16.9. The fraction of sp³-hybridized carbons (Fsp3) is 0.923. The molecule has 0 radical (unpaired) electrons. The van der Waals surface area contributed by atoms with Crippen LogP contribution in [0.15, 0.2) is 0 Å². The van der Waals surface area contributed by atoms with E-state index in [1.54, 1.807) is 11.8 Å². The normalized spacial score (nSPS) is 9.76. The number of thioether (sulfide) groups is 1. The fourth-order valence-electron chi connectivity index (χ4n) is 1.41. The molecule has 0 N–H and O–H groups in total. The Hall–Kier alpha value is 0.863. The van der Waals surface area contributed by atoms with Gasteiger partial charge in [0.2, 0.25) is 4.38 Å². The van der Waals surface area contributed by atoms with E-state index in [-0.39, 0.29) is 19.5 Å². The topological polar surface area (TPSA) is 9.23 Å². The first kappa shape index (κ1) is 20.2. The number of ether oxygens (including phenoxy) is 1. The smallest absolute Gasteiger partial charge is 0.219 e. The molecule has 0 saturated carbocycles. The molecule has 0 atom stereocenters. The van der Waals surface area contributed by atoms with Crippen molar-refractivity contribution in [1.82, 2.24) is 0 Å². The van der Waals surface area contributed by atoms with Crippen LogP contribution in [-0.4, -0.2) is 16.7 Å². The fourth-order valence-corrected chi connectivity index (χ4v) is 2.43. The summed E-state index contributed by atoms with van der Waals surface area (Å²) in [4.78, 5) is 0. The molecule has 0 aliphatic carbocycles. The maximum atomic E-state index is 5.49. The molecule has 0 aromatic heterocycles. The zero-order valence-electron chi connectivity index (χ0n) is 11.5. The van der Waals surface area contributed by atoms with Gasteiger partial charge in [0.1, 0.15) is 0 Å². The Balaban J connectivity index is 0. The van der Waals surface area contributed by atoms with Crippen LogP contribution in [0.5, 0.6) is 0 Å². The van der Waals surface area contributed by atoms with Crippen molar-refractivity contribution in [3.8, 4) is 0 Å². The molecule has 0 rings (SSSR count). The minimum absolute atomic E-state index is 0. The molecule has 0 amide bonds. The number of hydrogen-bond donors (Lipinski definition) is 0. The Morgan fingerprint density at radius 1 is 0.941 bits per heavy atom. The predicted octanol–water partition coefficient (Wildman–Crippen LogP) is 5.18. The van der Waals surface area contributed by atoms with Gasteiger partial charge < -0.3 is 4.74 Å². The van der Waals surface area contributed by atoms with E-state index in [0.717, 1.165) is 23.2 Å². The zero-order valence-corrected chi connectivity index (χ0v) is 16.1. The van der Waals surface area contributed by atoms with Crippen LogP contribution in [0.25, 0.3) is 0 Å². The summed E-state index contributed by atoms with van der Waals surface area (Å²) in [6, 6.07) is 0. The van der Waals surface area contributed by atoms with E-state index in [2.05, 4.69) is 13.8 Å². The number of unbranched alkanes of at least 4 members (excludes halogenated alkanes) is 6. The van der Waals surface area contributed by atoms with Gasteiger partial charge in [0.25, 0.3) is 0 Å². The van der Waals surface area contributed by atoms with E-state index in [1.165, 1.54) is 44.9 Å². The number of rotatable bonds is 10. The third-order valence-electron chi connectivity index (χ3n) is 2.44. The molecule has 0 spiro atoms. The van der Waals surface area contributed by atoms with Crippen LogP contribution in [0.3, 0.4) is 0 Å². The summed E-state index contributed by atoms with van der Waals surface area (Å²) >= 11 is 6.85. The summed E-state index contributed by atoms with van der Waals surface area (Å²) in [6.07, 6.45) is 10.2. The predicted molar refractivity (Wildman–Crippen MR) is 79.3 cm³/mol. The van der Waals surface area contributed by atoms with Gasteiger partial charge in [-0.3, -0.25) is 0 Å². The van der Waals surface area contributed by atoms with Gasteiger partial charge in [0, 0.05) is 25.2 Å². The largest absolute Gasteiger partial charge is 0.479 e. The third kappa shape index (κ3) is 16.9. The summed E-state index contributed by atoms with van der Waals surface area (Å²) < 4.78 is 6.23. The maximum absolute atomic E-state index is 5.49. The monoisotopic (exact) mass is 326 g/mol. The van der Waals surface area contributed by atoms with Crippen molar-refractivity contribution in [1.29, 1.82) is 0 Å². The van der Waals surface area contributed by atoms with E-state index < -0.39 is 0 Å². The maximum Gasteiger partial charge on any atom is 0.219 e. The van der Waals surface area contributed by atoms with Gasteiger partial charge >= 0.3 is 0 Å². The van der Waals surface area contributed by atoms with Crippen LogP contribution >= 0.6 is 24.0 Å². The molecule has 0 aromatic rings. The van der Waals surface area contributed by atoms with E-state index >= 15 is 0 Å². The quantitative estimate of drug-likeness (QED) is 0.311. The average Bonchev–Trinajstić information content (AvgIpc) is 2.28. The molecular formula is C13H26OS2Zn. The second-order valence-corrected chi connectivity index (χ2v) is 5.77. The Bertz CT molecular complexity index is 149. The summed E-state index contributed by atoms with van der Waals surface area (Å²) in [5.41, 5.74) is 0. The van der Waals surface area contributed by atoms with Gasteiger partial charge in [-0.15, -0.1) is 0 Å². The second-order valence-electron chi connectivity index (χ2n) is 4.07. The van der Waals surface area contributed by atoms with Gasteiger partial charge in [-0.25, -0.2) is 0 Å². The number of hydrogen-bond acceptors (Lipinski definition) is 3. The van der Waals surface area contributed by atoms with Gasteiger partial charge in [0.15, 0.2) is 0 Å². The Morgan fingerprint density at radius 2 is 1.53 bits per heavy atom. The van der Waals surface area contributed by atoms with E-state index in [4.69, 9.17) is 17.0 Å². The summed E-state index contributed by atoms with van der Waals surface area (Å²) in [7, 11) is 0. The van der Waals surface area contributed by atoms with Crippen molar-refractivity contribution in [3.05, 3.63) is 0 Å². The molecule has 0 aliphatic rings. The first-order valence-corrected chi connectivity index (χ1v) is 8.00. The zero-order chi connectivity index (χ0) is 12.1. The molecular weight excluding hydrogens is 302 g/mol. The summed E-state index contributed by atoms with van der Waals surface area (Å²) in [5.74, 6) is 1.12. The first-order valence-electron chi connectivity index (χ1n) is 6.60. The molecule has 0 heterocycles. The molecule has 0 aliphatic heterocycles. The first-order chi connectivity index (χ1) is 7.81. The van der Waals surface area contributed by atoms with Crippen LogP contribution in [0.1, 0.15) is 65.2 Å². The SMILES string of the molecule is CCCCCCOC(=S)SCCCCCC.[Zn]. The van der Waals surface area contributed by atoms with Crippen molar-refractivity contribution in [2.75, 3.05) is 12.4 Å². The van der Waals surface area contributed by atoms with E-state index in [0.29, 0.717) is 0 Å². The third-order valence-corrected chi connectivity index (χ3v) is 3.75. The molecule has 0 bridgehead atoms. The van der Waals surface area contributed by atoms with E-state index in [9.17, 15) is 0 Å². The van der Waals surface area contributed by atoms with Crippen molar-refractivity contribution in [2.24, 2.45) is 0 Å². The van der Waals surface area contributed by atoms with Crippen LogP contribution in [-0.2, 0) is 24.2 Å². The molecule has 0 fully saturated rings. The molecule has 4 heteroatoms. The van der Waals surface area contributed by atoms with Crippen LogP contribution in [0, 0.1) is 0 Å². The van der Waals surface area contributed by atoms with Crippen molar-refractivity contribution < 1.29 is 24.2 Å². The van der Waals surface area contributed by atoms with Gasteiger partial charge in [-0.1, -0.05) is 64.1 Å². The Morgan fingerprint density at radius 3 is 2.12 bits per heavy atom. The molecule has 17 heavy (non-hydrogen) atoms. The molecule has 98 valence electrons. The Labute approximate surface area is 130 Å². The summed E-state index contributed by atoms with van der Waals surface area (Å²) in [5, 5.41) is 0. The van der Waals surface area contributed by atoms with Crippen molar-refractivity contribution in [3.63, 3.8) is 0 Å². The Kier molecular flexibility index (Phi) is 20.0. The molecule has 0 aromatic carbocycles. The molecule has 1 nitrogen and oxygen atoms in total. The van der Waals surface area contributed by atoms with Gasteiger partial charge in [-0.05, 0) is 25.1 Å². The minimum Gasteiger partial charge on any atom is -0.479 e. The van der Waals surface area contributed by atoms with Gasteiger partial charge in [-0.2, -0.15) is 0 Å².